The fourth-order valence-electron chi connectivity index (χ4n) is 4.56. The van der Waals surface area contributed by atoms with Crippen LogP contribution in [0.5, 0.6) is 0 Å². The fraction of sp³-hybridized carbons (Fsp3) is 0.185. The van der Waals surface area contributed by atoms with E-state index in [1.54, 1.807) is 48.5 Å². The third-order valence-corrected chi connectivity index (χ3v) is 6.92. The van der Waals surface area contributed by atoms with E-state index in [2.05, 4.69) is 15.5 Å². The Kier molecular flexibility index (Phi) is 6.75. The second-order valence-corrected chi connectivity index (χ2v) is 9.66. The van der Waals surface area contributed by atoms with Crippen molar-refractivity contribution in [3.63, 3.8) is 0 Å². The number of benzene rings is 3. The number of piperazine rings is 1. The number of nitro benzene ring substituents is 1. The number of hydrogen-bond donors (Lipinski definition) is 3. The van der Waals surface area contributed by atoms with Gasteiger partial charge in [-0.05, 0) is 49.5 Å². The van der Waals surface area contributed by atoms with Crippen LogP contribution in [0.3, 0.4) is 0 Å². The summed E-state index contributed by atoms with van der Waals surface area (Å²) in [5.41, 5.74) is 8.89. The topological polar surface area (TPSA) is 134 Å². The van der Waals surface area contributed by atoms with E-state index in [0.29, 0.717) is 57.4 Å². The van der Waals surface area contributed by atoms with E-state index in [0.717, 1.165) is 13.1 Å². The average Bonchev–Trinajstić information content (AvgIpc) is 3.22. The molecule has 3 aromatic rings. The highest BCUT2D eigenvalue weighted by Gasteiger charge is 2.29. The highest BCUT2D eigenvalue weighted by molar-refractivity contribution is 6.38. The number of fused-ring (bicyclic) bond motifs is 1. The van der Waals surface area contributed by atoms with Crippen molar-refractivity contribution in [3.8, 4) is 0 Å². The predicted molar refractivity (Wildman–Crippen MR) is 148 cm³/mol. The molecule has 10 nitrogen and oxygen atoms in total. The summed E-state index contributed by atoms with van der Waals surface area (Å²) in [5.74, 6) is -0.426. The van der Waals surface area contributed by atoms with Crippen molar-refractivity contribution in [1.82, 2.24) is 9.80 Å². The zero-order valence-electron chi connectivity index (χ0n) is 20.5. The van der Waals surface area contributed by atoms with Crippen LogP contribution in [0.15, 0.2) is 60.7 Å². The van der Waals surface area contributed by atoms with Gasteiger partial charge in [-0.25, -0.2) is 0 Å². The first kappa shape index (κ1) is 25.2. The molecule has 2 aliphatic heterocycles. The van der Waals surface area contributed by atoms with Gasteiger partial charge >= 0.3 is 0 Å². The van der Waals surface area contributed by atoms with Gasteiger partial charge in [-0.15, -0.1) is 0 Å². The van der Waals surface area contributed by atoms with Crippen LogP contribution in [-0.2, 0) is 4.79 Å². The second kappa shape index (κ2) is 10.2. The number of halogens is 1. The molecule has 1 fully saturated rings. The molecule has 0 spiro atoms. The molecule has 2 aliphatic rings. The molecule has 0 atom stereocenters. The molecule has 0 saturated carbocycles. The number of amides is 2. The van der Waals surface area contributed by atoms with Crippen molar-refractivity contribution in [1.29, 1.82) is 0 Å². The zero-order valence-corrected chi connectivity index (χ0v) is 21.3. The molecule has 2 amide bonds. The number of rotatable bonds is 5. The molecule has 0 aromatic heterocycles. The van der Waals surface area contributed by atoms with Crippen molar-refractivity contribution in [2.45, 2.75) is 0 Å². The van der Waals surface area contributed by atoms with Crippen molar-refractivity contribution >= 4 is 57.4 Å². The quantitative estimate of drug-likeness (QED) is 0.194. The van der Waals surface area contributed by atoms with Crippen LogP contribution in [-0.4, -0.2) is 59.8 Å². The number of nitro groups is 1. The summed E-state index contributed by atoms with van der Waals surface area (Å²) in [6, 6.07) is 16.3. The number of anilines is 3. The third kappa shape index (κ3) is 4.91. The maximum absolute atomic E-state index is 13.1. The fourth-order valence-corrected chi connectivity index (χ4v) is 4.73. The van der Waals surface area contributed by atoms with Crippen molar-refractivity contribution in [3.05, 3.63) is 92.5 Å². The Bertz CT molecular complexity index is 1480. The Morgan fingerprint density at radius 3 is 2.39 bits per heavy atom. The van der Waals surface area contributed by atoms with E-state index in [-0.39, 0.29) is 23.2 Å². The standard InChI is InChI=1S/C27H25ClN6O4/c1-32-10-12-33(13-11-32)27(36)16-2-6-19(7-3-16)30-25(17-4-9-21(29)23(14-17)34(37)38)24-20-8-5-18(28)15-22(20)31-26(24)35/h2-9,14-15,30H,10-13,29H2,1H3,(H,31,35)/b25-24-. The second-order valence-electron chi connectivity index (χ2n) is 9.22. The normalized spacial score (nSPS) is 16.6. The van der Waals surface area contributed by atoms with E-state index in [4.69, 9.17) is 17.3 Å². The Labute approximate surface area is 223 Å². The highest BCUT2D eigenvalue weighted by Crippen LogP contribution is 2.39. The Morgan fingerprint density at radius 1 is 1.03 bits per heavy atom. The minimum atomic E-state index is -0.567. The molecule has 3 aromatic carbocycles. The summed E-state index contributed by atoms with van der Waals surface area (Å²) in [5, 5.41) is 18.1. The lowest BCUT2D eigenvalue weighted by Gasteiger charge is -2.32. The molecule has 1 saturated heterocycles. The van der Waals surface area contributed by atoms with Gasteiger partial charge in [0.1, 0.15) is 5.69 Å². The number of carbonyl (C=O) groups excluding carboxylic acids is 2. The predicted octanol–water partition coefficient (Wildman–Crippen LogP) is 4.15. The molecule has 2 heterocycles. The summed E-state index contributed by atoms with van der Waals surface area (Å²) >= 11 is 6.12. The van der Waals surface area contributed by atoms with Crippen LogP contribution in [0.25, 0.3) is 11.3 Å². The van der Waals surface area contributed by atoms with Gasteiger partial charge in [0.25, 0.3) is 17.5 Å². The molecule has 11 heteroatoms. The van der Waals surface area contributed by atoms with Crippen molar-refractivity contribution in [2.75, 3.05) is 49.6 Å². The smallest absolute Gasteiger partial charge is 0.292 e. The van der Waals surface area contributed by atoms with E-state index < -0.39 is 4.92 Å². The van der Waals surface area contributed by atoms with Crippen LogP contribution < -0.4 is 16.4 Å². The highest BCUT2D eigenvalue weighted by atomic mass is 35.5. The first-order valence-electron chi connectivity index (χ1n) is 12.0. The van der Waals surface area contributed by atoms with E-state index in [9.17, 15) is 19.7 Å². The first-order valence-corrected chi connectivity index (χ1v) is 12.3. The van der Waals surface area contributed by atoms with Gasteiger partial charge in [0.15, 0.2) is 0 Å². The van der Waals surface area contributed by atoms with Gasteiger partial charge in [0, 0.05) is 59.6 Å². The lowest BCUT2D eigenvalue weighted by molar-refractivity contribution is -0.383. The first-order chi connectivity index (χ1) is 18.2. The van der Waals surface area contributed by atoms with Gasteiger partial charge in [0.2, 0.25) is 0 Å². The SMILES string of the molecule is CN1CCN(C(=O)c2ccc(N/C(=C3\C(=O)Nc4cc(Cl)ccc43)c3ccc(N)c([N+](=O)[O-])c3)cc2)CC1. The number of nitrogen functional groups attached to an aromatic ring is 1. The minimum Gasteiger partial charge on any atom is -0.393 e. The number of likely N-dealkylation sites (N-methyl/N-ethyl adjacent to an activating group) is 1. The van der Waals surface area contributed by atoms with Crippen LogP contribution >= 0.6 is 11.6 Å². The maximum Gasteiger partial charge on any atom is 0.292 e. The van der Waals surface area contributed by atoms with Crippen LogP contribution in [0.2, 0.25) is 5.02 Å². The lowest BCUT2D eigenvalue weighted by atomic mass is 9.99. The summed E-state index contributed by atoms with van der Waals surface area (Å²) < 4.78 is 0. The summed E-state index contributed by atoms with van der Waals surface area (Å²) in [4.78, 5) is 41.1. The van der Waals surface area contributed by atoms with Crippen molar-refractivity contribution < 1.29 is 14.5 Å². The van der Waals surface area contributed by atoms with Crippen LogP contribution in [0.1, 0.15) is 21.5 Å². The van der Waals surface area contributed by atoms with Gasteiger partial charge in [-0.3, -0.25) is 19.7 Å². The summed E-state index contributed by atoms with van der Waals surface area (Å²) in [6.45, 7) is 2.98. The number of carbonyl (C=O) groups is 2. The summed E-state index contributed by atoms with van der Waals surface area (Å²) in [6.07, 6.45) is 0. The minimum absolute atomic E-state index is 0.0120. The van der Waals surface area contributed by atoms with Crippen LogP contribution in [0.4, 0.5) is 22.7 Å². The average molecular weight is 533 g/mol. The molecule has 38 heavy (non-hydrogen) atoms. The number of nitrogens with two attached hydrogens (primary N) is 1. The van der Waals surface area contributed by atoms with E-state index >= 15 is 0 Å². The largest absolute Gasteiger partial charge is 0.393 e. The van der Waals surface area contributed by atoms with Gasteiger partial charge in [-0.1, -0.05) is 23.7 Å². The molecule has 194 valence electrons. The van der Waals surface area contributed by atoms with Gasteiger partial charge < -0.3 is 26.2 Å². The molecule has 0 aliphatic carbocycles. The molecule has 0 bridgehead atoms. The molecule has 4 N–H and O–H groups in total. The Balaban J connectivity index is 1.53. The monoisotopic (exact) mass is 532 g/mol. The number of nitrogens with zero attached hydrogens (tertiary/aromatic N) is 3. The molecular formula is C27H25ClN6O4. The maximum atomic E-state index is 13.1. The molecule has 0 radical (unpaired) electrons. The summed E-state index contributed by atoms with van der Waals surface area (Å²) in [7, 11) is 2.03. The number of nitrogens with one attached hydrogen (secondary N) is 2. The third-order valence-electron chi connectivity index (χ3n) is 6.68. The molecular weight excluding hydrogens is 508 g/mol. The lowest BCUT2D eigenvalue weighted by Crippen LogP contribution is -2.47. The van der Waals surface area contributed by atoms with Gasteiger partial charge in [0.05, 0.1) is 21.9 Å². The van der Waals surface area contributed by atoms with E-state index in [1.165, 1.54) is 12.1 Å². The van der Waals surface area contributed by atoms with Gasteiger partial charge in [-0.2, -0.15) is 0 Å². The zero-order chi connectivity index (χ0) is 27.0. The molecule has 5 rings (SSSR count). The Hall–Kier alpha value is -4.41. The van der Waals surface area contributed by atoms with Crippen molar-refractivity contribution in [2.24, 2.45) is 0 Å². The number of hydrogen-bond acceptors (Lipinski definition) is 7. The van der Waals surface area contributed by atoms with Crippen LogP contribution in [0, 0.1) is 10.1 Å². The Morgan fingerprint density at radius 2 is 1.71 bits per heavy atom. The van der Waals surface area contributed by atoms with E-state index in [1.807, 2.05) is 11.9 Å². The molecule has 0 unspecified atom stereocenters.